The number of fused-ring (bicyclic) bond motifs is 2. The maximum atomic E-state index is 10.6. The van der Waals surface area contributed by atoms with Crippen molar-refractivity contribution in [2.75, 3.05) is 0 Å². The molecule has 0 radical (unpaired) electrons. The van der Waals surface area contributed by atoms with Crippen LogP contribution >= 0.6 is 18.5 Å². The summed E-state index contributed by atoms with van der Waals surface area (Å²) in [5.74, 6) is 0.980. The first kappa shape index (κ1) is 16.2. The maximum absolute atomic E-state index is 10.6. The van der Waals surface area contributed by atoms with E-state index in [4.69, 9.17) is 20.3 Å². The van der Waals surface area contributed by atoms with Gasteiger partial charge in [0.25, 0.3) is 0 Å². The van der Waals surface area contributed by atoms with Crippen molar-refractivity contribution in [3.8, 4) is 11.5 Å². The molecular weight excluding hydrogens is 355 g/mol. The van der Waals surface area contributed by atoms with Crippen LogP contribution in [0.25, 0.3) is 21.5 Å². The average Bonchev–Trinajstić information content (AvgIpc) is 2.62. The summed E-state index contributed by atoms with van der Waals surface area (Å²) in [4.78, 5) is 10.6. The summed E-state index contributed by atoms with van der Waals surface area (Å²) in [7, 11) is -3.62. The highest BCUT2D eigenvalue weighted by atomic mass is 35.7. The van der Waals surface area contributed by atoms with E-state index in [1.54, 1.807) is 12.1 Å². The van der Waals surface area contributed by atoms with Crippen LogP contribution in [0.3, 0.4) is 0 Å². The normalized spacial score (nSPS) is 11.6. The van der Waals surface area contributed by atoms with Crippen molar-refractivity contribution in [3.63, 3.8) is 0 Å². The molecule has 0 unspecified atom stereocenters. The van der Waals surface area contributed by atoms with Crippen molar-refractivity contribution in [2.24, 2.45) is 0 Å². The summed E-state index contributed by atoms with van der Waals surface area (Å²) < 4.78 is 11.4. The standard InChI is InChI=1S/C20H15ClO3P/c21-25(22,23-19-13-5-9-15-7-1-3-11-17(15)19)24-20-14-6-10-16-8-2-4-12-18(16)20/h1-14,22H/q+1. The molecule has 3 nitrogen and oxygen atoms in total. The van der Waals surface area contributed by atoms with Gasteiger partial charge in [0.2, 0.25) is 11.2 Å². The minimum absolute atomic E-state index is 0.490. The van der Waals surface area contributed by atoms with E-state index in [0.29, 0.717) is 11.5 Å². The molecule has 0 fully saturated rings. The molecule has 0 aliphatic carbocycles. The molecule has 1 N–H and O–H groups in total. The minimum atomic E-state index is -3.62. The van der Waals surface area contributed by atoms with Gasteiger partial charge in [0, 0.05) is 10.8 Å². The molecule has 0 atom stereocenters. The van der Waals surface area contributed by atoms with Crippen molar-refractivity contribution >= 4 is 40.1 Å². The Morgan fingerprint density at radius 2 is 1.00 bits per heavy atom. The smallest absolute Gasteiger partial charge is 0.264 e. The third-order valence-electron chi connectivity index (χ3n) is 3.92. The van der Waals surface area contributed by atoms with Crippen LogP contribution in [0.15, 0.2) is 84.9 Å². The molecule has 0 aromatic heterocycles. The van der Waals surface area contributed by atoms with Gasteiger partial charge in [-0.3, -0.25) is 9.05 Å². The van der Waals surface area contributed by atoms with Gasteiger partial charge in [-0.05, 0) is 22.9 Å². The van der Waals surface area contributed by atoms with Crippen LogP contribution in [-0.2, 0) is 0 Å². The summed E-state index contributed by atoms with van der Waals surface area (Å²) >= 11 is 6.23. The van der Waals surface area contributed by atoms with Gasteiger partial charge in [-0.25, -0.2) is 0 Å². The Morgan fingerprint density at radius 3 is 1.48 bits per heavy atom. The zero-order valence-electron chi connectivity index (χ0n) is 13.2. The van der Waals surface area contributed by atoms with Crippen molar-refractivity contribution in [1.29, 1.82) is 0 Å². The first-order chi connectivity index (χ1) is 12.1. The molecule has 5 heteroatoms. The number of rotatable bonds is 4. The SMILES string of the molecule is O[P+](Cl)(Oc1cccc2ccccc12)Oc1cccc2ccccc12. The van der Waals surface area contributed by atoms with Crippen LogP contribution in [-0.4, -0.2) is 4.89 Å². The fraction of sp³-hybridized carbons (Fsp3) is 0. The van der Waals surface area contributed by atoms with Gasteiger partial charge in [0.05, 0.1) is 0 Å². The molecule has 4 aromatic carbocycles. The minimum Gasteiger partial charge on any atom is -0.264 e. The molecule has 0 spiro atoms. The summed E-state index contributed by atoms with van der Waals surface area (Å²) in [5, 5.41) is 3.74. The molecule has 0 heterocycles. The van der Waals surface area contributed by atoms with Gasteiger partial charge >= 0.3 is 7.30 Å². The van der Waals surface area contributed by atoms with E-state index in [1.807, 2.05) is 72.8 Å². The topological polar surface area (TPSA) is 38.7 Å². The predicted octanol–water partition coefficient (Wildman–Crippen LogP) is 6.36. The first-order valence-electron chi connectivity index (χ1n) is 7.79. The quantitative estimate of drug-likeness (QED) is 0.425. The van der Waals surface area contributed by atoms with Gasteiger partial charge in [-0.15, -0.1) is 0 Å². The molecule has 25 heavy (non-hydrogen) atoms. The second-order valence-corrected chi connectivity index (χ2v) is 8.14. The van der Waals surface area contributed by atoms with Gasteiger partial charge in [0.1, 0.15) is 0 Å². The van der Waals surface area contributed by atoms with Gasteiger partial charge in [-0.2, -0.15) is 4.89 Å². The van der Waals surface area contributed by atoms with Crippen LogP contribution in [0, 0.1) is 0 Å². The lowest BCUT2D eigenvalue weighted by Crippen LogP contribution is -2.03. The van der Waals surface area contributed by atoms with Crippen molar-refractivity contribution in [2.45, 2.75) is 0 Å². The Labute approximate surface area is 150 Å². The van der Waals surface area contributed by atoms with Crippen LogP contribution in [0.4, 0.5) is 0 Å². The Bertz CT molecular complexity index is 955. The molecule has 4 rings (SSSR count). The fourth-order valence-electron chi connectivity index (χ4n) is 2.81. The molecule has 0 aliphatic rings. The summed E-state index contributed by atoms with van der Waals surface area (Å²) in [5.41, 5.74) is 0. The van der Waals surface area contributed by atoms with Crippen molar-refractivity contribution < 1.29 is 13.9 Å². The largest absolute Gasteiger partial charge is 0.611 e. The van der Waals surface area contributed by atoms with E-state index in [2.05, 4.69) is 0 Å². The van der Waals surface area contributed by atoms with E-state index in [1.165, 1.54) is 0 Å². The van der Waals surface area contributed by atoms with E-state index >= 15 is 0 Å². The van der Waals surface area contributed by atoms with Crippen LogP contribution in [0.5, 0.6) is 11.5 Å². The zero-order chi connectivity index (χ0) is 17.3. The Morgan fingerprint density at radius 1 is 0.600 bits per heavy atom. The molecule has 0 saturated heterocycles. The van der Waals surface area contributed by atoms with Crippen LogP contribution in [0.2, 0.25) is 0 Å². The monoisotopic (exact) mass is 369 g/mol. The fourth-order valence-corrected chi connectivity index (χ4v) is 4.10. The lowest BCUT2D eigenvalue weighted by molar-refractivity contribution is 0.374. The van der Waals surface area contributed by atoms with Crippen LogP contribution < -0.4 is 9.05 Å². The second-order valence-electron chi connectivity index (χ2n) is 5.59. The summed E-state index contributed by atoms with van der Waals surface area (Å²) in [6.07, 6.45) is 0. The molecular formula is C20H15ClO3P+. The highest BCUT2D eigenvalue weighted by Crippen LogP contribution is 2.62. The van der Waals surface area contributed by atoms with Gasteiger partial charge < -0.3 is 0 Å². The number of hydrogen-bond acceptors (Lipinski definition) is 3. The molecule has 0 saturated carbocycles. The third-order valence-corrected chi connectivity index (χ3v) is 5.18. The highest BCUT2D eigenvalue weighted by Gasteiger charge is 2.44. The Hall–Kier alpha value is -2.32. The molecule has 124 valence electrons. The third kappa shape index (κ3) is 3.40. The van der Waals surface area contributed by atoms with Crippen molar-refractivity contribution in [3.05, 3.63) is 84.9 Å². The van der Waals surface area contributed by atoms with E-state index < -0.39 is 7.30 Å². The van der Waals surface area contributed by atoms with E-state index in [9.17, 15) is 4.89 Å². The molecule has 0 bridgehead atoms. The Balaban J connectivity index is 1.67. The second kappa shape index (κ2) is 6.53. The number of hydrogen-bond donors (Lipinski definition) is 1. The Kier molecular flexibility index (Phi) is 4.22. The first-order valence-corrected chi connectivity index (χ1v) is 10.3. The average molecular weight is 370 g/mol. The molecule has 0 amide bonds. The highest BCUT2D eigenvalue weighted by molar-refractivity contribution is 7.87. The lowest BCUT2D eigenvalue weighted by Gasteiger charge is -2.13. The molecule has 4 aromatic rings. The zero-order valence-corrected chi connectivity index (χ0v) is 14.8. The van der Waals surface area contributed by atoms with Crippen molar-refractivity contribution in [1.82, 2.24) is 0 Å². The maximum Gasteiger partial charge on any atom is 0.611 e. The van der Waals surface area contributed by atoms with Gasteiger partial charge in [-0.1, -0.05) is 72.8 Å². The number of halogens is 1. The summed E-state index contributed by atoms with van der Waals surface area (Å²) in [6.45, 7) is 0. The number of benzene rings is 4. The predicted molar refractivity (Wildman–Crippen MR) is 104 cm³/mol. The van der Waals surface area contributed by atoms with E-state index in [-0.39, 0.29) is 0 Å². The lowest BCUT2D eigenvalue weighted by atomic mass is 10.1. The van der Waals surface area contributed by atoms with Gasteiger partial charge in [0.15, 0.2) is 11.5 Å². The van der Waals surface area contributed by atoms with E-state index in [0.717, 1.165) is 21.5 Å². The van der Waals surface area contributed by atoms with Crippen LogP contribution in [0.1, 0.15) is 0 Å². The molecule has 0 aliphatic heterocycles. The summed E-state index contributed by atoms with van der Waals surface area (Å²) in [6, 6.07) is 26.7.